The highest BCUT2D eigenvalue weighted by molar-refractivity contribution is 6.45. The molecule has 1 fully saturated rings. The van der Waals surface area contributed by atoms with Gasteiger partial charge in [0.2, 0.25) is 5.91 Å². The lowest BCUT2D eigenvalue weighted by Gasteiger charge is -2.14. The average molecular weight is 331 g/mol. The maximum Gasteiger partial charge on any atom is 0.334 e. The molecule has 1 N–H and O–H groups in total. The number of carbonyl (C=O) groups excluding carboxylic acids is 5. The number of amides is 5. The van der Waals surface area contributed by atoms with Gasteiger partial charge in [-0.25, -0.2) is 9.69 Å². The van der Waals surface area contributed by atoms with E-state index in [9.17, 15) is 24.0 Å². The number of hydrogen-bond donors (Lipinski definition) is 1. The summed E-state index contributed by atoms with van der Waals surface area (Å²) in [6, 6.07) is 5.48. The fourth-order valence-corrected chi connectivity index (χ4v) is 2.27. The first kappa shape index (κ1) is 17.3. The standard InChI is InChI=1S/C16H17N3O5/c1-3-7-18-14(22)15(23)19(16(18)24)9-13(21)17-12-6-4-5-11(8-12)10(2)20/h4-6,8H,3,7,9H2,1-2H3,(H,17,21). The van der Waals surface area contributed by atoms with Gasteiger partial charge in [0.15, 0.2) is 5.78 Å². The van der Waals surface area contributed by atoms with Crippen LogP contribution < -0.4 is 5.32 Å². The third kappa shape index (κ3) is 3.48. The van der Waals surface area contributed by atoms with Crippen molar-refractivity contribution in [2.75, 3.05) is 18.4 Å². The van der Waals surface area contributed by atoms with Crippen LogP contribution in [0.3, 0.4) is 0 Å². The SMILES string of the molecule is CCCN1C(=O)C(=O)N(CC(=O)Nc2cccc(C(C)=O)c2)C1=O. The molecule has 126 valence electrons. The Morgan fingerprint density at radius 2 is 1.75 bits per heavy atom. The van der Waals surface area contributed by atoms with E-state index in [0.29, 0.717) is 22.6 Å². The zero-order chi connectivity index (χ0) is 17.9. The molecule has 24 heavy (non-hydrogen) atoms. The summed E-state index contributed by atoms with van der Waals surface area (Å²) in [5.74, 6) is -2.73. The Bertz CT molecular complexity index is 728. The van der Waals surface area contributed by atoms with Crippen LogP contribution in [0.25, 0.3) is 0 Å². The lowest BCUT2D eigenvalue weighted by Crippen LogP contribution is -2.39. The second kappa shape index (κ2) is 7.03. The molecule has 8 nitrogen and oxygen atoms in total. The first-order valence-electron chi connectivity index (χ1n) is 7.43. The van der Waals surface area contributed by atoms with Crippen molar-refractivity contribution in [3.63, 3.8) is 0 Å². The lowest BCUT2D eigenvalue weighted by molar-refractivity contribution is -0.143. The van der Waals surface area contributed by atoms with Crippen molar-refractivity contribution in [1.82, 2.24) is 9.80 Å². The highest BCUT2D eigenvalue weighted by Gasteiger charge is 2.44. The predicted octanol–water partition coefficient (Wildman–Crippen LogP) is 1.03. The van der Waals surface area contributed by atoms with Gasteiger partial charge in [-0.05, 0) is 25.5 Å². The number of urea groups is 1. The second-order valence-corrected chi connectivity index (χ2v) is 5.32. The number of carbonyl (C=O) groups is 5. The molecular formula is C16H17N3O5. The molecule has 1 aromatic carbocycles. The second-order valence-electron chi connectivity index (χ2n) is 5.32. The molecule has 1 aliphatic rings. The number of benzene rings is 1. The van der Waals surface area contributed by atoms with Crippen molar-refractivity contribution < 1.29 is 24.0 Å². The molecule has 1 aromatic rings. The van der Waals surface area contributed by atoms with Gasteiger partial charge in [0.1, 0.15) is 6.54 Å². The number of Topliss-reactive ketones (excluding diaryl/α,β-unsaturated/α-hetero) is 1. The van der Waals surface area contributed by atoms with Gasteiger partial charge >= 0.3 is 17.8 Å². The van der Waals surface area contributed by atoms with Crippen molar-refractivity contribution in [3.8, 4) is 0 Å². The largest absolute Gasteiger partial charge is 0.334 e. The Balaban J connectivity index is 2.06. The summed E-state index contributed by atoms with van der Waals surface area (Å²) in [5, 5.41) is 2.50. The molecule has 8 heteroatoms. The number of hydrogen-bond acceptors (Lipinski definition) is 5. The molecule has 0 unspecified atom stereocenters. The zero-order valence-electron chi connectivity index (χ0n) is 13.4. The molecule has 1 heterocycles. The summed E-state index contributed by atoms with van der Waals surface area (Å²) in [4.78, 5) is 60.4. The Labute approximate surface area is 138 Å². The molecule has 0 radical (unpaired) electrons. The van der Waals surface area contributed by atoms with Crippen LogP contribution in [0.15, 0.2) is 24.3 Å². The van der Waals surface area contributed by atoms with Gasteiger partial charge < -0.3 is 5.32 Å². The Kier molecular flexibility index (Phi) is 5.08. The van der Waals surface area contributed by atoms with E-state index in [-0.39, 0.29) is 12.3 Å². The third-order valence-corrected chi connectivity index (χ3v) is 3.44. The van der Waals surface area contributed by atoms with Gasteiger partial charge in [-0.2, -0.15) is 0 Å². The summed E-state index contributed by atoms with van der Waals surface area (Å²) < 4.78 is 0. The van der Waals surface area contributed by atoms with Gasteiger partial charge in [0.05, 0.1) is 0 Å². The van der Waals surface area contributed by atoms with E-state index in [4.69, 9.17) is 0 Å². The van der Waals surface area contributed by atoms with Crippen LogP contribution >= 0.6 is 0 Å². The first-order valence-corrected chi connectivity index (χ1v) is 7.43. The summed E-state index contributed by atoms with van der Waals surface area (Å²) in [6.45, 7) is 2.73. The van der Waals surface area contributed by atoms with Gasteiger partial charge in [-0.15, -0.1) is 0 Å². The van der Waals surface area contributed by atoms with Crippen molar-refractivity contribution in [2.45, 2.75) is 20.3 Å². The van der Waals surface area contributed by atoms with Crippen LogP contribution in [0.2, 0.25) is 0 Å². The predicted molar refractivity (Wildman–Crippen MR) is 84.2 cm³/mol. The molecule has 5 amide bonds. The molecule has 2 rings (SSSR count). The highest BCUT2D eigenvalue weighted by Crippen LogP contribution is 2.14. The molecule has 0 spiro atoms. The molecule has 1 aliphatic heterocycles. The van der Waals surface area contributed by atoms with E-state index < -0.39 is 30.3 Å². The molecule has 0 atom stereocenters. The van der Waals surface area contributed by atoms with E-state index in [1.807, 2.05) is 0 Å². The fourth-order valence-electron chi connectivity index (χ4n) is 2.27. The number of anilines is 1. The van der Waals surface area contributed by atoms with Crippen molar-refractivity contribution in [1.29, 1.82) is 0 Å². The number of rotatable bonds is 6. The zero-order valence-corrected chi connectivity index (χ0v) is 13.4. The summed E-state index contributed by atoms with van der Waals surface area (Å²) in [5.41, 5.74) is 0.786. The number of nitrogens with one attached hydrogen (secondary N) is 1. The van der Waals surface area contributed by atoms with E-state index >= 15 is 0 Å². The maximum atomic E-state index is 12.0. The highest BCUT2D eigenvalue weighted by atomic mass is 16.2. The van der Waals surface area contributed by atoms with E-state index in [1.54, 1.807) is 25.1 Å². The minimum atomic E-state index is -1.01. The molecular weight excluding hydrogens is 314 g/mol. The van der Waals surface area contributed by atoms with Crippen molar-refractivity contribution in [3.05, 3.63) is 29.8 Å². The fraction of sp³-hybridized carbons (Fsp3) is 0.312. The van der Waals surface area contributed by atoms with Crippen LogP contribution in [0.5, 0.6) is 0 Å². The molecule has 1 saturated heterocycles. The quantitative estimate of drug-likeness (QED) is 0.476. The van der Waals surface area contributed by atoms with E-state index in [1.165, 1.54) is 13.0 Å². The molecule has 0 saturated carbocycles. The number of imide groups is 2. The van der Waals surface area contributed by atoms with Crippen LogP contribution in [0, 0.1) is 0 Å². The monoisotopic (exact) mass is 331 g/mol. The molecule has 0 aromatic heterocycles. The summed E-state index contributed by atoms with van der Waals surface area (Å²) in [7, 11) is 0. The topological polar surface area (TPSA) is 104 Å². The number of nitrogens with zero attached hydrogens (tertiary/aromatic N) is 2. The van der Waals surface area contributed by atoms with Gasteiger partial charge in [0, 0.05) is 17.8 Å². The first-order chi connectivity index (χ1) is 11.3. The summed E-state index contributed by atoms with van der Waals surface area (Å²) in [6.07, 6.45) is 0.517. The maximum absolute atomic E-state index is 12.0. The van der Waals surface area contributed by atoms with Gasteiger partial charge in [-0.3, -0.25) is 24.1 Å². The summed E-state index contributed by atoms with van der Waals surface area (Å²) >= 11 is 0. The van der Waals surface area contributed by atoms with Crippen LogP contribution in [-0.2, 0) is 14.4 Å². The van der Waals surface area contributed by atoms with E-state index in [0.717, 1.165) is 4.90 Å². The third-order valence-electron chi connectivity index (χ3n) is 3.44. The van der Waals surface area contributed by atoms with Crippen LogP contribution in [0.4, 0.5) is 10.5 Å². The Morgan fingerprint density at radius 1 is 1.08 bits per heavy atom. The van der Waals surface area contributed by atoms with E-state index in [2.05, 4.69) is 5.32 Å². The minimum absolute atomic E-state index is 0.127. The molecule has 0 bridgehead atoms. The average Bonchev–Trinajstić information content (AvgIpc) is 2.73. The van der Waals surface area contributed by atoms with Crippen molar-refractivity contribution >= 4 is 35.2 Å². The molecule has 0 aliphatic carbocycles. The van der Waals surface area contributed by atoms with Gasteiger partial charge in [0.25, 0.3) is 0 Å². The van der Waals surface area contributed by atoms with Crippen LogP contribution in [0.1, 0.15) is 30.6 Å². The normalized spacial score (nSPS) is 14.3. The minimum Gasteiger partial charge on any atom is -0.325 e. The number of ketones is 1. The van der Waals surface area contributed by atoms with Crippen molar-refractivity contribution in [2.24, 2.45) is 0 Å². The Morgan fingerprint density at radius 3 is 2.38 bits per heavy atom. The Hall–Kier alpha value is -3.03. The van der Waals surface area contributed by atoms with Gasteiger partial charge in [-0.1, -0.05) is 19.1 Å². The van der Waals surface area contributed by atoms with Crippen LogP contribution in [-0.4, -0.2) is 52.4 Å². The lowest BCUT2D eigenvalue weighted by atomic mass is 10.1. The smallest absolute Gasteiger partial charge is 0.325 e.